The summed E-state index contributed by atoms with van der Waals surface area (Å²) in [6.07, 6.45) is -0.0556. The Labute approximate surface area is 179 Å². The maximum Gasteiger partial charge on any atom is 0.296 e. The van der Waals surface area contributed by atoms with Crippen molar-refractivity contribution in [3.05, 3.63) is 66.6 Å². The van der Waals surface area contributed by atoms with Gasteiger partial charge in [-0.25, -0.2) is 0 Å². The molecule has 0 aromatic heterocycles. The van der Waals surface area contributed by atoms with Crippen LogP contribution in [-0.2, 0) is 33.2 Å². The minimum atomic E-state index is -3.96. The first-order valence-corrected chi connectivity index (χ1v) is 14.3. The van der Waals surface area contributed by atoms with Gasteiger partial charge in [0.2, 0.25) is 0 Å². The predicted octanol–water partition coefficient (Wildman–Crippen LogP) is 3.61. The lowest BCUT2D eigenvalue weighted by molar-refractivity contribution is 0.333. The summed E-state index contributed by atoms with van der Waals surface area (Å²) in [7, 11) is -10.9. The molecule has 0 unspecified atom stereocenters. The predicted molar refractivity (Wildman–Crippen MR) is 116 cm³/mol. The van der Waals surface area contributed by atoms with Crippen LogP contribution < -0.4 is 0 Å². The third kappa shape index (κ3) is 7.03. The molecule has 0 saturated carbocycles. The number of rotatable bonds is 11. The molecule has 0 heterocycles. The van der Waals surface area contributed by atoms with Crippen molar-refractivity contribution in [1.29, 1.82) is 0 Å². The highest BCUT2D eigenvalue weighted by Crippen LogP contribution is 2.44. The first-order chi connectivity index (χ1) is 14.0. The maximum atomic E-state index is 12.9. The minimum Gasteiger partial charge on any atom is -0.323 e. The fraction of sp³-hybridized carbons (Fsp3) is 0.350. The van der Waals surface area contributed by atoms with Crippen LogP contribution in [0.15, 0.2) is 58.3 Å². The second kappa shape index (κ2) is 10.2. The van der Waals surface area contributed by atoms with Gasteiger partial charge in [-0.15, -0.1) is 0 Å². The fourth-order valence-corrected chi connectivity index (χ4v) is 6.09. The van der Waals surface area contributed by atoms with Crippen LogP contribution in [0.25, 0.3) is 0 Å². The van der Waals surface area contributed by atoms with Gasteiger partial charge in [0, 0.05) is 18.5 Å². The summed E-state index contributed by atoms with van der Waals surface area (Å²) in [5.74, 6) is 0. The topological polar surface area (TPSA) is 104 Å². The number of benzene rings is 2. The van der Waals surface area contributed by atoms with Crippen molar-refractivity contribution < 1.29 is 29.8 Å². The van der Waals surface area contributed by atoms with Gasteiger partial charge in [-0.05, 0) is 45.0 Å². The van der Waals surface area contributed by atoms with Crippen LogP contribution in [0, 0.1) is 20.8 Å². The molecule has 0 amide bonds. The number of aryl methyl sites for hydroxylation is 2. The molecule has 165 valence electrons. The van der Waals surface area contributed by atoms with Crippen LogP contribution in [0.3, 0.4) is 0 Å². The molecule has 0 saturated heterocycles. The van der Waals surface area contributed by atoms with Crippen molar-refractivity contribution in [2.45, 2.75) is 23.6 Å². The van der Waals surface area contributed by atoms with E-state index in [-0.39, 0.29) is 41.5 Å². The van der Waals surface area contributed by atoms with E-state index >= 15 is 0 Å². The largest absolute Gasteiger partial charge is 0.323 e. The molecular formula is C20H26O7PS2. The summed E-state index contributed by atoms with van der Waals surface area (Å²) in [6.45, 7) is 6.75. The zero-order valence-electron chi connectivity index (χ0n) is 17.0. The minimum absolute atomic E-state index is 0.0186. The van der Waals surface area contributed by atoms with Gasteiger partial charge in [0.15, 0.2) is 0 Å². The van der Waals surface area contributed by atoms with Gasteiger partial charge in [-0.2, -0.15) is 16.8 Å². The molecule has 2 aromatic carbocycles. The molecule has 1 radical (unpaired) electrons. The van der Waals surface area contributed by atoms with E-state index in [9.17, 15) is 21.4 Å². The molecule has 30 heavy (non-hydrogen) atoms. The molecule has 2 aromatic rings. The Bertz CT molecular complexity index is 1010. The van der Waals surface area contributed by atoms with Crippen molar-refractivity contribution in [3.8, 4) is 0 Å². The van der Waals surface area contributed by atoms with E-state index in [1.165, 1.54) is 24.3 Å². The van der Waals surface area contributed by atoms with Gasteiger partial charge >= 0.3 is 0 Å². The molecule has 0 aliphatic rings. The lowest BCUT2D eigenvalue weighted by Crippen LogP contribution is -2.15. The average molecular weight is 474 g/mol. The SMILES string of the molecule is [CH2]CP(=O)(CCOS(=O)(=O)c1ccc(C)cc1)CCOS(=O)(=O)c1ccc(C)cc1. The molecular weight excluding hydrogens is 447 g/mol. The Kier molecular flexibility index (Phi) is 8.42. The Morgan fingerprint density at radius 3 is 1.37 bits per heavy atom. The van der Waals surface area contributed by atoms with Gasteiger partial charge in [0.05, 0.1) is 30.1 Å². The molecule has 7 nitrogen and oxygen atoms in total. The second-order valence-corrected chi connectivity index (χ2v) is 13.6. The van der Waals surface area contributed by atoms with Crippen molar-refractivity contribution in [1.82, 2.24) is 0 Å². The molecule has 0 spiro atoms. The third-order valence-electron chi connectivity index (χ3n) is 4.50. The Hall–Kier alpha value is -1.51. The van der Waals surface area contributed by atoms with Crippen molar-refractivity contribution >= 4 is 27.4 Å². The number of hydrogen-bond acceptors (Lipinski definition) is 7. The van der Waals surface area contributed by atoms with Gasteiger partial charge in [-0.1, -0.05) is 35.4 Å². The highest BCUT2D eigenvalue weighted by molar-refractivity contribution is 7.87. The average Bonchev–Trinajstić information content (AvgIpc) is 2.68. The number of hydrogen-bond donors (Lipinski definition) is 0. The van der Waals surface area contributed by atoms with Gasteiger partial charge in [-0.3, -0.25) is 8.37 Å². The summed E-state index contributed by atoms with van der Waals surface area (Å²) in [5, 5.41) is 0. The molecule has 0 bridgehead atoms. The van der Waals surface area contributed by atoms with Crippen LogP contribution in [0.4, 0.5) is 0 Å². The molecule has 0 aliphatic heterocycles. The molecule has 0 fully saturated rings. The lowest BCUT2D eigenvalue weighted by atomic mass is 10.2. The summed E-state index contributed by atoms with van der Waals surface area (Å²) in [4.78, 5) is 0.0372. The molecule has 0 N–H and O–H groups in total. The zero-order valence-corrected chi connectivity index (χ0v) is 19.5. The lowest BCUT2D eigenvalue weighted by Gasteiger charge is -2.16. The molecule has 10 heteroatoms. The van der Waals surface area contributed by atoms with Gasteiger partial charge in [0.25, 0.3) is 20.2 Å². The Balaban J connectivity index is 1.90. The van der Waals surface area contributed by atoms with Crippen LogP contribution in [0.1, 0.15) is 11.1 Å². The zero-order chi connectivity index (χ0) is 22.4. The van der Waals surface area contributed by atoms with E-state index in [2.05, 4.69) is 6.92 Å². The quantitative estimate of drug-likeness (QED) is 0.363. The molecule has 0 atom stereocenters. The van der Waals surface area contributed by atoms with Crippen LogP contribution in [0.5, 0.6) is 0 Å². The fourth-order valence-electron chi connectivity index (χ4n) is 2.51. The standard InChI is InChI=1S/C20H26O7PS2/c1-4-28(21,15-13-26-29(22,23)19-9-5-17(2)6-10-19)16-14-27-30(24,25)20-11-7-18(3)8-12-20/h5-12H,1,4,13-16H2,2-3H3. The molecule has 0 aliphatic carbocycles. The Morgan fingerprint density at radius 2 is 1.07 bits per heavy atom. The van der Waals surface area contributed by atoms with E-state index < -0.39 is 27.4 Å². The highest BCUT2D eigenvalue weighted by Gasteiger charge is 2.24. The molecule has 2 rings (SSSR count). The second-order valence-electron chi connectivity index (χ2n) is 6.91. The maximum absolute atomic E-state index is 12.9. The normalized spacial score (nSPS) is 12.8. The van der Waals surface area contributed by atoms with Gasteiger partial charge in [0.1, 0.15) is 0 Å². The van der Waals surface area contributed by atoms with Crippen LogP contribution in [-0.4, -0.2) is 48.5 Å². The summed E-state index contributed by atoms with van der Waals surface area (Å²) >= 11 is 0. The van der Waals surface area contributed by atoms with Crippen molar-refractivity contribution in [3.63, 3.8) is 0 Å². The first-order valence-electron chi connectivity index (χ1n) is 9.26. The summed E-state index contributed by atoms with van der Waals surface area (Å²) in [5.41, 5.74) is 1.83. The third-order valence-corrected chi connectivity index (χ3v) is 9.96. The van der Waals surface area contributed by atoms with E-state index in [1.54, 1.807) is 24.3 Å². The monoisotopic (exact) mass is 473 g/mol. The van der Waals surface area contributed by atoms with Crippen LogP contribution >= 0.6 is 7.14 Å². The van der Waals surface area contributed by atoms with Crippen molar-refractivity contribution in [2.24, 2.45) is 0 Å². The van der Waals surface area contributed by atoms with E-state index in [4.69, 9.17) is 8.37 Å². The van der Waals surface area contributed by atoms with E-state index in [0.29, 0.717) is 0 Å². The van der Waals surface area contributed by atoms with Crippen LogP contribution in [0.2, 0.25) is 0 Å². The van der Waals surface area contributed by atoms with E-state index in [0.717, 1.165) is 11.1 Å². The summed E-state index contributed by atoms with van der Waals surface area (Å²) < 4.78 is 71.7. The smallest absolute Gasteiger partial charge is 0.296 e. The van der Waals surface area contributed by atoms with Crippen molar-refractivity contribution in [2.75, 3.05) is 31.7 Å². The van der Waals surface area contributed by atoms with E-state index in [1.807, 2.05) is 13.8 Å². The Morgan fingerprint density at radius 1 is 0.733 bits per heavy atom. The summed E-state index contributed by atoms with van der Waals surface area (Å²) in [6, 6.07) is 12.4. The first kappa shape index (κ1) is 24.8. The highest BCUT2D eigenvalue weighted by atomic mass is 32.2. The van der Waals surface area contributed by atoms with Gasteiger partial charge < -0.3 is 4.57 Å².